The lowest BCUT2D eigenvalue weighted by Gasteiger charge is -2.41. The standard InChI is InChI=1S/C37H52ClN3O9S/c1-20-11-10-12-21(2)37(46)19-28(48-35(45)39-37)23(4)33-36(6,50-33)29(49-34(44)24(5)40(7)30(42)14-13-22(3)51)18-31(43)41(8)26-16-25(15-20)17-27(47-9)32(26)38/h10-12,16-17,21-24,28-29,33,46,51H,13-15,18-19H2,1-9H3,(H,39,45)/b12-10+,20-11+. The third-order valence-corrected chi connectivity index (χ3v) is 11.1. The summed E-state index contributed by atoms with van der Waals surface area (Å²) >= 11 is 11.1. The van der Waals surface area contributed by atoms with Crippen LogP contribution < -0.4 is 15.0 Å². The zero-order valence-electron chi connectivity index (χ0n) is 30.9. The minimum absolute atomic E-state index is 0.0136. The Labute approximate surface area is 311 Å². The molecule has 0 aliphatic carbocycles. The number of rotatable bonds is 7. The lowest BCUT2D eigenvalue weighted by atomic mass is 9.82. The molecule has 9 unspecified atom stereocenters. The number of epoxide rings is 1. The van der Waals surface area contributed by atoms with E-state index >= 15 is 0 Å². The maximum Gasteiger partial charge on any atom is 0.409 e. The molecule has 1 aromatic rings. The van der Waals surface area contributed by atoms with Gasteiger partial charge in [-0.05, 0) is 56.6 Å². The first kappa shape index (κ1) is 40.5. The van der Waals surface area contributed by atoms with Crippen LogP contribution in [0.2, 0.25) is 5.02 Å². The lowest BCUT2D eigenvalue weighted by molar-refractivity contribution is -0.162. The summed E-state index contributed by atoms with van der Waals surface area (Å²) < 4.78 is 23.6. The number of aliphatic hydroxyl groups is 1. The Morgan fingerprint density at radius 1 is 1.25 bits per heavy atom. The van der Waals surface area contributed by atoms with E-state index in [1.165, 1.54) is 24.0 Å². The van der Waals surface area contributed by atoms with E-state index in [1.54, 1.807) is 20.9 Å². The zero-order chi connectivity index (χ0) is 38.0. The van der Waals surface area contributed by atoms with E-state index in [-0.39, 0.29) is 35.4 Å². The van der Waals surface area contributed by atoms with Crippen molar-refractivity contribution in [3.05, 3.63) is 46.5 Å². The highest BCUT2D eigenvalue weighted by Crippen LogP contribution is 2.49. The number of benzene rings is 1. The fourth-order valence-electron chi connectivity index (χ4n) is 6.63. The van der Waals surface area contributed by atoms with Gasteiger partial charge in [-0.25, -0.2) is 9.59 Å². The number of nitrogens with one attached hydrogen (secondary N) is 1. The molecule has 3 heterocycles. The topological polar surface area (TPSA) is 147 Å². The second kappa shape index (κ2) is 16.2. The van der Waals surface area contributed by atoms with E-state index in [0.717, 1.165) is 11.1 Å². The summed E-state index contributed by atoms with van der Waals surface area (Å²) in [5.74, 6) is -1.94. The van der Waals surface area contributed by atoms with Crippen LogP contribution in [0, 0.1) is 11.8 Å². The average Bonchev–Trinajstić information content (AvgIpc) is 3.77. The molecule has 12 nitrogen and oxygen atoms in total. The molecule has 0 saturated carbocycles. The van der Waals surface area contributed by atoms with Crippen molar-refractivity contribution in [2.45, 2.75) is 115 Å². The number of anilines is 1. The number of alkyl carbamates (subject to hydrolysis) is 1. The molecule has 2 fully saturated rings. The molecule has 0 aromatic heterocycles. The third-order valence-electron chi connectivity index (χ3n) is 10.4. The van der Waals surface area contributed by atoms with Gasteiger partial charge in [0.25, 0.3) is 0 Å². The molecular formula is C37H52ClN3O9S. The normalized spacial score (nSPS) is 32.6. The second-order valence-electron chi connectivity index (χ2n) is 14.4. The van der Waals surface area contributed by atoms with Gasteiger partial charge in [-0.2, -0.15) is 12.6 Å². The fourth-order valence-corrected chi connectivity index (χ4v) is 7.07. The summed E-state index contributed by atoms with van der Waals surface area (Å²) in [7, 11) is 4.62. The Bertz CT molecular complexity index is 1570. The number of nitrogens with zero attached hydrogens (tertiary/aromatic N) is 2. The van der Waals surface area contributed by atoms with Gasteiger partial charge in [-0.1, -0.05) is 56.2 Å². The first-order chi connectivity index (χ1) is 23.8. The monoisotopic (exact) mass is 749 g/mol. The van der Waals surface area contributed by atoms with Crippen molar-refractivity contribution < 1.29 is 43.2 Å². The summed E-state index contributed by atoms with van der Waals surface area (Å²) in [6.45, 7) is 10.8. The Balaban J connectivity index is 1.73. The number of allylic oxidation sites excluding steroid dienone is 3. The fraction of sp³-hybridized carbons (Fsp3) is 0.622. The smallest absolute Gasteiger partial charge is 0.409 e. The van der Waals surface area contributed by atoms with Gasteiger partial charge in [0.1, 0.15) is 40.3 Å². The van der Waals surface area contributed by atoms with Gasteiger partial charge < -0.3 is 33.9 Å². The van der Waals surface area contributed by atoms with Gasteiger partial charge in [0.05, 0.1) is 25.3 Å². The minimum Gasteiger partial charge on any atom is -0.495 e. The van der Waals surface area contributed by atoms with Gasteiger partial charge in [0.2, 0.25) is 11.8 Å². The third kappa shape index (κ3) is 9.22. The number of carbonyl (C=O) groups excluding carboxylic acids is 4. The lowest BCUT2D eigenvalue weighted by Crippen LogP contribution is -2.60. The maximum atomic E-state index is 14.1. The maximum absolute atomic E-state index is 14.1. The number of amides is 3. The molecule has 0 spiro atoms. The predicted octanol–water partition coefficient (Wildman–Crippen LogP) is 5.23. The molecule has 9 atom stereocenters. The van der Waals surface area contributed by atoms with Crippen LogP contribution in [-0.4, -0.2) is 96.0 Å². The highest BCUT2D eigenvalue weighted by atomic mass is 35.5. The highest BCUT2D eigenvalue weighted by molar-refractivity contribution is 7.80. The summed E-state index contributed by atoms with van der Waals surface area (Å²) in [5, 5.41) is 14.5. The van der Waals surface area contributed by atoms with Crippen molar-refractivity contribution in [1.82, 2.24) is 10.2 Å². The van der Waals surface area contributed by atoms with Gasteiger partial charge in [0, 0.05) is 38.8 Å². The Morgan fingerprint density at radius 3 is 2.59 bits per heavy atom. The van der Waals surface area contributed by atoms with E-state index in [4.69, 9.17) is 30.5 Å². The van der Waals surface area contributed by atoms with Crippen molar-refractivity contribution in [3.8, 4) is 5.75 Å². The van der Waals surface area contributed by atoms with E-state index in [1.807, 2.05) is 58.1 Å². The molecule has 51 heavy (non-hydrogen) atoms. The largest absolute Gasteiger partial charge is 0.495 e. The predicted molar refractivity (Wildman–Crippen MR) is 197 cm³/mol. The van der Waals surface area contributed by atoms with E-state index in [2.05, 4.69) is 17.9 Å². The molecule has 2 N–H and O–H groups in total. The SMILES string of the molecule is COc1cc2cc(c1Cl)N(C)C(=O)CC(OC(=O)C(C)N(C)C(=O)CCC(C)S)C1(C)OC1C(C)C1CC(O)(NC(=O)O1)C(C)/C=C/C=C(\C)C2. The van der Waals surface area contributed by atoms with Crippen LogP contribution >= 0.6 is 24.2 Å². The Kier molecular flexibility index (Phi) is 12.9. The molecule has 3 aliphatic rings. The number of hydrogen-bond acceptors (Lipinski definition) is 10. The minimum atomic E-state index is -1.61. The number of methoxy groups -OCH3 is 1. The van der Waals surface area contributed by atoms with E-state index < -0.39 is 65.5 Å². The summed E-state index contributed by atoms with van der Waals surface area (Å²) in [4.78, 5) is 56.1. The van der Waals surface area contributed by atoms with Crippen molar-refractivity contribution in [2.75, 3.05) is 26.1 Å². The molecule has 3 amide bonds. The van der Waals surface area contributed by atoms with E-state index in [9.17, 15) is 24.3 Å². The van der Waals surface area contributed by atoms with Crippen LogP contribution in [0.25, 0.3) is 0 Å². The molecule has 0 radical (unpaired) electrons. The van der Waals surface area contributed by atoms with Crippen LogP contribution in [0.4, 0.5) is 10.5 Å². The number of thiol groups is 1. The van der Waals surface area contributed by atoms with Crippen molar-refractivity contribution in [1.29, 1.82) is 0 Å². The number of likely N-dealkylation sites (N-methyl/N-ethyl adjacent to an activating group) is 1. The quantitative estimate of drug-likeness (QED) is 0.194. The van der Waals surface area contributed by atoms with Crippen LogP contribution in [0.15, 0.2) is 35.9 Å². The zero-order valence-corrected chi connectivity index (χ0v) is 32.5. The summed E-state index contributed by atoms with van der Waals surface area (Å²) in [5.41, 5.74) is -0.566. The molecule has 4 bridgehead atoms. The number of ether oxygens (including phenoxy) is 4. The molecule has 4 rings (SSSR count). The van der Waals surface area contributed by atoms with Crippen molar-refractivity contribution in [3.63, 3.8) is 0 Å². The summed E-state index contributed by atoms with van der Waals surface area (Å²) in [6.07, 6.45) is 3.35. The number of fused-ring (bicyclic) bond motifs is 5. The van der Waals surface area contributed by atoms with Crippen LogP contribution in [0.5, 0.6) is 5.75 Å². The van der Waals surface area contributed by atoms with Crippen molar-refractivity contribution >= 4 is 53.8 Å². The first-order valence-electron chi connectivity index (χ1n) is 17.3. The molecule has 3 aliphatic heterocycles. The van der Waals surface area contributed by atoms with Crippen LogP contribution in [0.3, 0.4) is 0 Å². The highest BCUT2D eigenvalue weighted by Gasteiger charge is 2.64. The number of hydrogen-bond donors (Lipinski definition) is 3. The molecule has 2 saturated heterocycles. The number of carbonyl (C=O) groups is 4. The van der Waals surface area contributed by atoms with Crippen LogP contribution in [-0.2, 0) is 35.0 Å². The van der Waals surface area contributed by atoms with Crippen molar-refractivity contribution in [2.24, 2.45) is 11.8 Å². The Hall–Kier alpha value is -3.26. The number of esters is 1. The molecule has 282 valence electrons. The van der Waals surface area contributed by atoms with E-state index in [0.29, 0.717) is 24.3 Å². The van der Waals surface area contributed by atoms with Gasteiger partial charge in [-0.15, -0.1) is 0 Å². The van der Waals surface area contributed by atoms with Crippen LogP contribution in [0.1, 0.15) is 72.8 Å². The van der Waals surface area contributed by atoms with Gasteiger partial charge >= 0.3 is 12.1 Å². The summed E-state index contributed by atoms with van der Waals surface area (Å²) in [6, 6.07) is 2.66. The molecular weight excluding hydrogens is 698 g/mol. The first-order valence-corrected chi connectivity index (χ1v) is 18.2. The molecule has 14 heteroatoms. The molecule has 1 aromatic carbocycles. The van der Waals surface area contributed by atoms with Gasteiger partial charge in [0.15, 0.2) is 0 Å². The Morgan fingerprint density at radius 2 is 1.94 bits per heavy atom. The van der Waals surface area contributed by atoms with Gasteiger partial charge in [-0.3, -0.25) is 14.9 Å². The second-order valence-corrected chi connectivity index (χ2v) is 15.7. The average molecular weight is 750 g/mol. The number of halogens is 1.